The lowest BCUT2D eigenvalue weighted by atomic mass is 10.3. The average Bonchev–Trinajstić information content (AvgIpc) is 2.56. The minimum absolute atomic E-state index is 0.750. The van der Waals surface area contributed by atoms with Gasteiger partial charge in [0.2, 0.25) is 0 Å². The summed E-state index contributed by atoms with van der Waals surface area (Å²) in [5, 5.41) is 0.777. The first kappa shape index (κ1) is 7.62. The maximum absolute atomic E-state index is 5.86. The molecule has 2 rings (SSSR count). The van der Waals surface area contributed by atoms with E-state index in [1.54, 1.807) is 0 Å². The van der Waals surface area contributed by atoms with Crippen LogP contribution >= 0.6 is 11.6 Å². The summed E-state index contributed by atoms with van der Waals surface area (Å²) >= 11 is 5.86. The van der Waals surface area contributed by atoms with E-state index in [2.05, 4.69) is 9.89 Å². The molecule has 1 aliphatic heterocycles. The minimum atomic E-state index is 0.750. The number of rotatable bonds is 1. The Labute approximate surface area is 76.5 Å². The van der Waals surface area contributed by atoms with E-state index in [0.717, 1.165) is 23.9 Å². The lowest BCUT2D eigenvalue weighted by molar-refractivity contribution is 0.957. The molecule has 2 nitrogen and oxygen atoms in total. The Bertz CT molecular complexity index is 301. The normalized spacial score (nSPS) is 15.6. The molecule has 0 unspecified atom stereocenters. The van der Waals surface area contributed by atoms with Crippen molar-refractivity contribution in [2.75, 3.05) is 18.1 Å². The second-order valence-electron chi connectivity index (χ2n) is 2.71. The lowest BCUT2D eigenvalue weighted by Crippen LogP contribution is -2.19. The zero-order valence-electron chi connectivity index (χ0n) is 6.57. The van der Waals surface area contributed by atoms with Gasteiger partial charge < -0.3 is 4.90 Å². The first-order valence-corrected chi connectivity index (χ1v) is 4.23. The van der Waals surface area contributed by atoms with E-state index in [9.17, 15) is 0 Å². The van der Waals surface area contributed by atoms with E-state index in [1.807, 2.05) is 30.5 Å². The van der Waals surface area contributed by atoms with Crippen molar-refractivity contribution in [3.8, 4) is 0 Å². The van der Waals surface area contributed by atoms with Crippen LogP contribution in [0.15, 0.2) is 29.3 Å². The zero-order chi connectivity index (χ0) is 8.39. The highest BCUT2D eigenvalue weighted by molar-refractivity contribution is 6.30. The van der Waals surface area contributed by atoms with Crippen molar-refractivity contribution in [2.45, 2.75) is 0 Å². The van der Waals surface area contributed by atoms with Gasteiger partial charge in [0.1, 0.15) is 6.67 Å². The van der Waals surface area contributed by atoms with E-state index in [1.165, 1.54) is 0 Å². The number of benzene rings is 1. The Hall–Kier alpha value is -1.02. The third-order valence-corrected chi connectivity index (χ3v) is 2.09. The SMILES string of the molecule is Clc1cccc(N2CC=NC2)c1. The van der Waals surface area contributed by atoms with Crippen LogP contribution in [-0.2, 0) is 0 Å². The van der Waals surface area contributed by atoms with Crippen molar-refractivity contribution in [3.05, 3.63) is 29.3 Å². The van der Waals surface area contributed by atoms with Gasteiger partial charge in [0.05, 0.1) is 6.54 Å². The molecule has 0 saturated carbocycles. The van der Waals surface area contributed by atoms with Crippen molar-refractivity contribution in [2.24, 2.45) is 4.99 Å². The molecule has 1 aromatic carbocycles. The summed E-state index contributed by atoms with van der Waals surface area (Å²) < 4.78 is 0. The van der Waals surface area contributed by atoms with Crippen molar-refractivity contribution in [3.63, 3.8) is 0 Å². The van der Waals surface area contributed by atoms with Gasteiger partial charge in [0, 0.05) is 16.9 Å². The molecule has 0 fully saturated rings. The topological polar surface area (TPSA) is 15.6 Å². The molecule has 0 bridgehead atoms. The summed E-state index contributed by atoms with van der Waals surface area (Å²) in [4.78, 5) is 6.29. The molecule has 3 heteroatoms. The van der Waals surface area contributed by atoms with Crippen LogP contribution in [-0.4, -0.2) is 19.4 Å². The molecule has 1 heterocycles. The van der Waals surface area contributed by atoms with E-state index >= 15 is 0 Å². The van der Waals surface area contributed by atoms with Crippen molar-refractivity contribution >= 4 is 23.5 Å². The van der Waals surface area contributed by atoms with Gasteiger partial charge in [-0.1, -0.05) is 17.7 Å². The highest BCUT2D eigenvalue weighted by Crippen LogP contribution is 2.19. The summed E-state index contributed by atoms with van der Waals surface area (Å²) in [7, 11) is 0. The third kappa shape index (κ3) is 1.43. The largest absolute Gasteiger partial charge is 0.347 e. The Morgan fingerprint density at radius 1 is 1.42 bits per heavy atom. The zero-order valence-corrected chi connectivity index (χ0v) is 7.33. The van der Waals surface area contributed by atoms with Crippen molar-refractivity contribution in [1.29, 1.82) is 0 Å². The Morgan fingerprint density at radius 3 is 3.00 bits per heavy atom. The molecule has 1 aromatic rings. The molecule has 0 N–H and O–H groups in total. The van der Waals surface area contributed by atoms with Crippen LogP contribution < -0.4 is 4.90 Å². The van der Waals surface area contributed by atoms with E-state index in [4.69, 9.17) is 11.6 Å². The Morgan fingerprint density at radius 2 is 2.33 bits per heavy atom. The van der Waals surface area contributed by atoms with Gasteiger partial charge in [-0.2, -0.15) is 0 Å². The Kier molecular flexibility index (Phi) is 2.00. The first-order valence-electron chi connectivity index (χ1n) is 3.85. The second-order valence-corrected chi connectivity index (χ2v) is 3.15. The fraction of sp³-hybridized carbons (Fsp3) is 0.222. The second kappa shape index (κ2) is 3.15. The lowest BCUT2D eigenvalue weighted by Gasteiger charge is -2.15. The summed E-state index contributed by atoms with van der Waals surface area (Å²) in [5.41, 5.74) is 1.14. The van der Waals surface area contributed by atoms with Crippen LogP contribution in [0.1, 0.15) is 0 Å². The van der Waals surface area contributed by atoms with Crippen LogP contribution in [0, 0.1) is 0 Å². The van der Waals surface area contributed by atoms with Gasteiger partial charge >= 0.3 is 0 Å². The average molecular weight is 181 g/mol. The number of hydrogen-bond donors (Lipinski definition) is 0. The van der Waals surface area contributed by atoms with Crippen LogP contribution in [0.4, 0.5) is 5.69 Å². The van der Waals surface area contributed by atoms with Crippen molar-refractivity contribution in [1.82, 2.24) is 0 Å². The van der Waals surface area contributed by atoms with Gasteiger partial charge in [-0.25, -0.2) is 0 Å². The number of hydrogen-bond acceptors (Lipinski definition) is 2. The molecule has 0 saturated heterocycles. The van der Waals surface area contributed by atoms with E-state index in [-0.39, 0.29) is 0 Å². The van der Waals surface area contributed by atoms with E-state index in [0.29, 0.717) is 0 Å². The van der Waals surface area contributed by atoms with Gasteiger partial charge in [0.15, 0.2) is 0 Å². The fourth-order valence-corrected chi connectivity index (χ4v) is 1.41. The van der Waals surface area contributed by atoms with Gasteiger partial charge in [-0.05, 0) is 18.2 Å². The number of halogens is 1. The smallest absolute Gasteiger partial charge is 0.110 e. The van der Waals surface area contributed by atoms with Crippen LogP contribution in [0.5, 0.6) is 0 Å². The monoisotopic (exact) mass is 180 g/mol. The van der Waals surface area contributed by atoms with Crippen LogP contribution in [0.2, 0.25) is 5.02 Å². The Balaban J connectivity index is 2.22. The molecule has 12 heavy (non-hydrogen) atoms. The predicted octanol–water partition coefficient (Wildman–Crippen LogP) is 2.19. The molecule has 62 valence electrons. The molecular weight excluding hydrogens is 172 g/mol. The first-order chi connectivity index (χ1) is 5.86. The highest BCUT2D eigenvalue weighted by Gasteiger charge is 2.07. The highest BCUT2D eigenvalue weighted by atomic mass is 35.5. The third-order valence-electron chi connectivity index (χ3n) is 1.86. The molecular formula is C9H9ClN2. The quantitative estimate of drug-likeness (QED) is 0.647. The van der Waals surface area contributed by atoms with Gasteiger partial charge in [-0.15, -0.1) is 0 Å². The summed E-state index contributed by atoms with van der Waals surface area (Å²) in [6.45, 7) is 1.64. The fourth-order valence-electron chi connectivity index (χ4n) is 1.23. The predicted molar refractivity (Wildman–Crippen MR) is 52.2 cm³/mol. The molecule has 1 aliphatic rings. The van der Waals surface area contributed by atoms with Crippen LogP contribution in [0.25, 0.3) is 0 Å². The number of anilines is 1. The standard InChI is InChI=1S/C9H9ClN2/c10-8-2-1-3-9(6-8)12-5-4-11-7-12/h1-4,6H,5,7H2. The van der Waals surface area contributed by atoms with Crippen LogP contribution in [0.3, 0.4) is 0 Å². The minimum Gasteiger partial charge on any atom is -0.347 e. The molecule has 0 radical (unpaired) electrons. The number of nitrogens with zero attached hydrogens (tertiary/aromatic N) is 2. The number of aliphatic imine (C=N–C) groups is 1. The van der Waals surface area contributed by atoms with Gasteiger partial charge in [0.25, 0.3) is 0 Å². The maximum Gasteiger partial charge on any atom is 0.110 e. The summed E-state index contributed by atoms with van der Waals surface area (Å²) in [6.07, 6.45) is 1.92. The molecule has 0 spiro atoms. The van der Waals surface area contributed by atoms with Gasteiger partial charge in [-0.3, -0.25) is 4.99 Å². The summed E-state index contributed by atoms with van der Waals surface area (Å²) in [6, 6.07) is 7.83. The van der Waals surface area contributed by atoms with Crippen molar-refractivity contribution < 1.29 is 0 Å². The van der Waals surface area contributed by atoms with E-state index < -0.39 is 0 Å². The molecule has 0 atom stereocenters. The summed E-state index contributed by atoms with van der Waals surface area (Å²) in [5.74, 6) is 0. The molecule has 0 aromatic heterocycles. The maximum atomic E-state index is 5.86. The molecule has 0 amide bonds. The molecule has 0 aliphatic carbocycles.